The van der Waals surface area contributed by atoms with Gasteiger partial charge in [0, 0.05) is 0 Å². The molecule has 0 heterocycles. The van der Waals surface area contributed by atoms with E-state index in [1.807, 2.05) is 13.0 Å². The second-order valence-corrected chi connectivity index (χ2v) is 2.81. The Kier molecular flexibility index (Phi) is 3.09. The van der Waals surface area contributed by atoms with Crippen molar-refractivity contribution >= 4 is 0 Å². The molecule has 0 amide bonds. The summed E-state index contributed by atoms with van der Waals surface area (Å²) in [5.74, 6) is -0.138. The Morgan fingerprint density at radius 3 is 3.00 bits per heavy atom. The molecule has 60 valence electrons. The first kappa shape index (κ1) is 8.25. The van der Waals surface area contributed by atoms with E-state index >= 15 is 0 Å². The van der Waals surface area contributed by atoms with Gasteiger partial charge in [0.1, 0.15) is 5.83 Å². The summed E-state index contributed by atoms with van der Waals surface area (Å²) in [7, 11) is 0. The molecule has 0 fully saturated rings. The molecule has 0 aromatic heterocycles. The SMILES string of the molecule is CC1=CCCC/C=C/C(F)=C1. The number of hydrogen-bond donors (Lipinski definition) is 0. The molecular weight excluding hydrogens is 139 g/mol. The first-order valence-electron chi connectivity index (χ1n) is 3.99. The van der Waals surface area contributed by atoms with Gasteiger partial charge in [0.2, 0.25) is 0 Å². The lowest BCUT2D eigenvalue weighted by Crippen LogP contribution is -1.71. The van der Waals surface area contributed by atoms with Crippen molar-refractivity contribution in [1.29, 1.82) is 0 Å². The van der Waals surface area contributed by atoms with E-state index in [1.165, 1.54) is 0 Å². The Hall–Kier alpha value is -0.850. The molecule has 0 saturated carbocycles. The van der Waals surface area contributed by atoms with Gasteiger partial charge in [-0.3, -0.25) is 0 Å². The van der Waals surface area contributed by atoms with Crippen LogP contribution in [0.2, 0.25) is 0 Å². The second-order valence-electron chi connectivity index (χ2n) is 2.81. The van der Waals surface area contributed by atoms with E-state index in [0.29, 0.717) is 0 Å². The summed E-state index contributed by atoms with van der Waals surface area (Å²) < 4.78 is 12.8. The Morgan fingerprint density at radius 2 is 2.18 bits per heavy atom. The van der Waals surface area contributed by atoms with E-state index in [2.05, 4.69) is 6.08 Å². The van der Waals surface area contributed by atoms with Crippen molar-refractivity contribution in [1.82, 2.24) is 0 Å². The third-order valence-corrected chi connectivity index (χ3v) is 1.68. The van der Waals surface area contributed by atoms with Crippen LogP contribution in [-0.4, -0.2) is 0 Å². The van der Waals surface area contributed by atoms with Crippen molar-refractivity contribution in [2.45, 2.75) is 26.2 Å². The summed E-state index contributed by atoms with van der Waals surface area (Å²) in [5.41, 5.74) is 1.02. The molecule has 0 bridgehead atoms. The Balaban J connectivity index is 2.74. The average molecular weight is 152 g/mol. The summed E-state index contributed by atoms with van der Waals surface area (Å²) >= 11 is 0. The third-order valence-electron chi connectivity index (χ3n) is 1.68. The number of allylic oxidation sites excluding steroid dienone is 6. The number of hydrogen-bond acceptors (Lipinski definition) is 0. The highest BCUT2D eigenvalue weighted by atomic mass is 19.1. The van der Waals surface area contributed by atoms with E-state index in [0.717, 1.165) is 24.8 Å². The zero-order chi connectivity index (χ0) is 8.10. The van der Waals surface area contributed by atoms with Gasteiger partial charge in [0.05, 0.1) is 0 Å². The molecule has 0 N–H and O–H groups in total. The Morgan fingerprint density at radius 1 is 1.36 bits per heavy atom. The standard InChI is InChI=1S/C10H13F/c1-9-6-4-2-3-5-7-10(11)8-9/h5-8H,2-4H2,1H3/b7-5+,9-6?,10-8?. The van der Waals surface area contributed by atoms with Crippen LogP contribution in [0.3, 0.4) is 0 Å². The fourth-order valence-corrected chi connectivity index (χ4v) is 1.09. The van der Waals surface area contributed by atoms with E-state index in [-0.39, 0.29) is 5.83 Å². The van der Waals surface area contributed by atoms with Gasteiger partial charge in [-0.25, -0.2) is 4.39 Å². The zero-order valence-electron chi connectivity index (χ0n) is 6.81. The fourth-order valence-electron chi connectivity index (χ4n) is 1.09. The molecule has 1 aliphatic rings. The van der Waals surface area contributed by atoms with E-state index in [4.69, 9.17) is 0 Å². The van der Waals surface area contributed by atoms with Crippen LogP contribution < -0.4 is 0 Å². The van der Waals surface area contributed by atoms with Crippen LogP contribution in [0.25, 0.3) is 0 Å². The van der Waals surface area contributed by atoms with Gasteiger partial charge in [-0.15, -0.1) is 0 Å². The monoisotopic (exact) mass is 152 g/mol. The molecule has 0 aromatic rings. The van der Waals surface area contributed by atoms with Crippen molar-refractivity contribution in [3.05, 3.63) is 35.7 Å². The van der Waals surface area contributed by atoms with Crippen LogP contribution >= 0.6 is 0 Å². The van der Waals surface area contributed by atoms with Crippen LogP contribution in [0.4, 0.5) is 4.39 Å². The van der Waals surface area contributed by atoms with Gasteiger partial charge in [-0.2, -0.15) is 0 Å². The van der Waals surface area contributed by atoms with Crippen LogP contribution in [0.15, 0.2) is 35.7 Å². The number of rotatable bonds is 0. The van der Waals surface area contributed by atoms with Crippen molar-refractivity contribution in [3.8, 4) is 0 Å². The van der Waals surface area contributed by atoms with Crippen LogP contribution in [0, 0.1) is 0 Å². The molecule has 1 aliphatic carbocycles. The summed E-state index contributed by atoms with van der Waals surface area (Å²) in [5, 5.41) is 0. The molecule has 0 atom stereocenters. The lowest BCUT2D eigenvalue weighted by atomic mass is 10.2. The fraction of sp³-hybridized carbons (Fsp3) is 0.400. The molecule has 0 unspecified atom stereocenters. The molecule has 11 heavy (non-hydrogen) atoms. The predicted molar refractivity (Wildman–Crippen MR) is 45.9 cm³/mol. The summed E-state index contributed by atoms with van der Waals surface area (Å²) in [6.45, 7) is 1.93. The molecule has 1 heteroatoms. The van der Waals surface area contributed by atoms with Crippen LogP contribution in [0.1, 0.15) is 26.2 Å². The molecule has 1 rings (SSSR count). The highest BCUT2D eigenvalue weighted by Gasteiger charge is 1.92. The Labute approximate surface area is 67.1 Å². The maximum absolute atomic E-state index is 12.8. The molecule has 0 aromatic carbocycles. The summed E-state index contributed by atoms with van der Waals surface area (Å²) in [6.07, 6.45) is 10.2. The van der Waals surface area contributed by atoms with E-state index < -0.39 is 0 Å². The maximum Gasteiger partial charge on any atom is 0.123 e. The topological polar surface area (TPSA) is 0 Å². The minimum Gasteiger partial charge on any atom is -0.207 e. The molecular formula is C10H13F. The van der Waals surface area contributed by atoms with Gasteiger partial charge < -0.3 is 0 Å². The summed E-state index contributed by atoms with van der Waals surface area (Å²) in [6, 6.07) is 0. The van der Waals surface area contributed by atoms with Crippen molar-refractivity contribution in [2.75, 3.05) is 0 Å². The Bertz CT molecular complexity index is 209. The van der Waals surface area contributed by atoms with Gasteiger partial charge in [0.25, 0.3) is 0 Å². The molecule has 0 nitrogen and oxygen atoms in total. The first-order chi connectivity index (χ1) is 5.29. The predicted octanol–water partition coefficient (Wildman–Crippen LogP) is 3.53. The third kappa shape index (κ3) is 3.17. The lowest BCUT2D eigenvalue weighted by Gasteiger charge is -1.90. The summed E-state index contributed by atoms with van der Waals surface area (Å²) in [4.78, 5) is 0. The van der Waals surface area contributed by atoms with Gasteiger partial charge in [-0.1, -0.05) is 17.7 Å². The van der Waals surface area contributed by atoms with E-state index in [9.17, 15) is 4.39 Å². The molecule has 0 spiro atoms. The first-order valence-corrected chi connectivity index (χ1v) is 3.99. The largest absolute Gasteiger partial charge is 0.207 e. The normalized spacial score (nSPS) is 22.4. The minimum absolute atomic E-state index is 0.138. The van der Waals surface area contributed by atoms with Crippen LogP contribution in [0.5, 0.6) is 0 Å². The molecule has 0 saturated heterocycles. The van der Waals surface area contributed by atoms with Crippen molar-refractivity contribution < 1.29 is 4.39 Å². The van der Waals surface area contributed by atoms with E-state index in [1.54, 1.807) is 12.2 Å². The second kappa shape index (κ2) is 4.12. The van der Waals surface area contributed by atoms with Gasteiger partial charge in [0.15, 0.2) is 0 Å². The van der Waals surface area contributed by atoms with Gasteiger partial charge >= 0.3 is 0 Å². The average Bonchev–Trinajstić information content (AvgIpc) is 2.02. The molecule has 0 radical (unpaired) electrons. The molecule has 0 aliphatic heterocycles. The highest BCUT2D eigenvalue weighted by Crippen LogP contribution is 2.11. The lowest BCUT2D eigenvalue weighted by molar-refractivity contribution is 0.665. The highest BCUT2D eigenvalue weighted by molar-refractivity contribution is 5.25. The zero-order valence-corrected chi connectivity index (χ0v) is 6.81. The smallest absolute Gasteiger partial charge is 0.123 e. The number of halogens is 1. The van der Waals surface area contributed by atoms with Crippen molar-refractivity contribution in [3.63, 3.8) is 0 Å². The van der Waals surface area contributed by atoms with Crippen LogP contribution in [-0.2, 0) is 0 Å². The maximum atomic E-state index is 12.8. The minimum atomic E-state index is -0.138. The van der Waals surface area contributed by atoms with Crippen molar-refractivity contribution in [2.24, 2.45) is 0 Å². The van der Waals surface area contributed by atoms with Gasteiger partial charge in [-0.05, 0) is 38.3 Å². The quantitative estimate of drug-likeness (QED) is 0.498.